The predicted molar refractivity (Wildman–Crippen MR) is 105 cm³/mol. The third kappa shape index (κ3) is 5.95. The van der Waals surface area contributed by atoms with Gasteiger partial charge in [-0.15, -0.1) is 6.42 Å². The molecule has 0 spiro atoms. The molecule has 1 amide bonds. The van der Waals surface area contributed by atoms with Crippen molar-refractivity contribution in [2.45, 2.75) is 13.5 Å². The Bertz CT molecular complexity index is 774. The fourth-order valence-corrected chi connectivity index (χ4v) is 3.20. The maximum atomic E-state index is 12.4. The first-order valence-corrected chi connectivity index (χ1v) is 8.68. The Hall–Kier alpha value is -1.70. The van der Waals surface area contributed by atoms with Crippen LogP contribution in [0.1, 0.15) is 11.1 Å². The van der Waals surface area contributed by atoms with E-state index in [-0.39, 0.29) is 22.5 Å². The van der Waals surface area contributed by atoms with Crippen LogP contribution in [0.25, 0.3) is 0 Å². The molecular formula is C19H17Cl3N2O. The Kier molecular flexibility index (Phi) is 7.16. The molecule has 0 saturated carbocycles. The topological polar surface area (TPSA) is 32.3 Å². The van der Waals surface area contributed by atoms with Crippen molar-refractivity contribution in [1.29, 1.82) is 0 Å². The van der Waals surface area contributed by atoms with Gasteiger partial charge in [-0.3, -0.25) is 9.69 Å². The van der Waals surface area contributed by atoms with Crippen molar-refractivity contribution < 1.29 is 4.79 Å². The van der Waals surface area contributed by atoms with Crippen LogP contribution >= 0.6 is 34.8 Å². The zero-order valence-electron chi connectivity index (χ0n) is 13.7. The average molecular weight is 396 g/mol. The molecule has 6 heteroatoms. The highest BCUT2D eigenvalue weighted by Gasteiger charge is 2.14. The van der Waals surface area contributed by atoms with Gasteiger partial charge in [0, 0.05) is 11.6 Å². The normalized spacial score (nSPS) is 10.6. The molecule has 0 aromatic heterocycles. The fourth-order valence-electron chi connectivity index (χ4n) is 2.29. The monoisotopic (exact) mass is 394 g/mol. The van der Waals surface area contributed by atoms with Gasteiger partial charge in [0.15, 0.2) is 0 Å². The van der Waals surface area contributed by atoms with Gasteiger partial charge < -0.3 is 5.32 Å². The smallest absolute Gasteiger partial charge is 0.238 e. The third-order valence-electron chi connectivity index (χ3n) is 3.48. The minimum Gasteiger partial charge on any atom is -0.322 e. The average Bonchev–Trinajstić information content (AvgIpc) is 2.53. The molecule has 3 nitrogen and oxygen atoms in total. The first-order valence-electron chi connectivity index (χ1n) is 7.55. The Labute approximate surface area is 162 Å². The second-order valence-electron chi connectivity index (χ2n) is 5.63. The predicted octanol–water partition coefficient (Wildman–Crippen LogP) is 5.03. The molecule has 2 rings (SSSR count). The summed E-state index contributed by atoms with van der Waals surface area (Å²) in [6, 6.07) is 11.1. The summed E-state index contributed by atoms with van der Waals surface area (Å²) in [6.07, 6.45) is 5.42. The molecule has 0 saturated heterocycles. The van der Waals surface area contributed by atoms with Crippen LogP contribution in [0.4, 0.5) is 5.69 Å². The molecule has 0 radical (unpaired) electrons. The molecule has 0 atom stereocenters. The second-order valence-corrected chi connectivity index (χ2v) is 6.88. The van der Waals surface area contributed by atoms with Crippen molar-refractivity contribution in [2.24, 2.45) is 0 Å². The van der Waals surface area contributed by atoms with Gasteiger partial charge in [-0.25, -0.2) is 0 Å². The standard InChI is InChI=1S/C19H17Cl3N2O/c1-3-8-24(11-14-6-4-13(2)5-7-14)12-18(25)23-19-16(21)9-15(20)10-17(19)22/h1,4-7,9-10H,8,11-12H2,2H3,(H,23,25). The Balaban J connectivity index is 2.05. The van der Waals surface area contributed by atoms with Gasteiger partial charge in [0.1, 0.15) is 0 Å². The summed E-state index contributed by atoms with van der Waals surface area (Å²) in [5.74, 6) is 2.32. The number of hydrogen-bond acceptors (Lipinski definition) is 2. The van der Waals surface area contributed by atoms with E-state index in [9.17, 15) is 4.79 Å². The van der Waals surface area contributed by atoms with E-state index in [4.69, 9.17) is 41.2 Å². The SMILES string of the molecule is C#CCN(CC(=O)Nc1c(Cl)cc(Cl)cc1Cl)Cc1ccc(C)cc1. The molecule has 2 aromatic rings. The number of carbonyl (C=O) groups is 1. The molecule has 0 heterocycles. The van der Waals surface area contributed by atoms with Gasteiger partial charge in [-0.2, -0.15) is 0 Å². The number of nitrogens with zero attached hydrogens (tertiary/aromatic N) is 1. The Morgan fingerprint density at radius 1 is 1.16 bits per heavy atom. The van der Waals surface area contributed by atoms with E-state index in [1.807, 2.05) is 36.1 Å². The van der Waals surface area contributed by atoms with E-state index in [1.165, 1.54) is 17.7 Å². The van der Waals surface area contributed by atoms with Crippen LogP contribution in [0, 0.1) is 19.3 Å². The zero-order chi connectivity index (χ0) is 18.4. The largest absolute Gasteiger partial charge is 0.322 e. The van der Waals surface area contributed by atoms with Crippen molar-refractivity contribution in [3.05, 3.63) is 62.6 Å². The van der Waals surface area contributed by atoms with Crippen molar-refractivity contribution in [2.75, 3.05) is 18.4 Å². The second kappa shape index (κ2) is 9.12. The summed E-state index contributed by atoms with van der Waals surface area (Å²) < 4.78 is 0. The number of benzene rings is 2. The first-order chi connectivity index (χ1) is 11.9. The number of anilines is 1. The number of rotatable bonds is 6. The van der Waals surface area contributed by atoms with E-state index in [1.54, 1.807) is 0 Å². The van der Waals surface area contributed by atoms with Crippen LogP contribution in [0.15, 0.2) is 36.4 Å². The molecule has 2 aromatic carbocycles. The number of halogens is 3. The summed E-state index contributed by atoms with van der Waals surface area (Å²) in [4.78, 5) is 14.2. The summed E-state index contributed by atoms with van der Waals surface area (Å²) in [5, 5.41) is 3.69. The fraction of sp³-hybridized carbons (Fsp3) is 0.211. The van der Waals surface area contributed by atoms with Gasteiger partial charge in [-0.05, 0) is 24.6 Å². The lowest BCUT2D eigenvalue weighted by molar-refractivity contribution is -0.117. The van der Waals surface area contributed by atoms with Crippen molar-refractivity contribution in [3.8, 4) is 12.3 Å². The zero-order valence-corrected chi connectivity index (χ0v) is 15.9. The lowest BCUT2D eigenvalue weighted by atomic mass is 10.1. The lowest BCUT2D eigenvalue weighted by Crippen LogP contribution is -2.33. The van der Waals surface area contributed by atoms with E-state index in [2.05, 4.69) is 11.2 Å². The number of hydrogen-bond donors (Lipinski definition) is 1. The van der Waals surface area contributed by atoms with Crippen LogP contribution in [0.2, 0.25) is 15.1 Å². The summed E-state index contributed by atoms with van der Waals surface area (Å²) in [5.41, 5.74) is 2.60. The molecule has 130 valence electrons. The van der Waals surface area contributed by atoms with Crippen molar-refractivity contribution >= 4 is 46.4 Å². The van der Waals surface area contributed by atoms with Crippen molar-refractivity contribution in [3.63, 3.8) is 0 Å². The van der Waals surface area contributed by atoms with Crippen LogP contribution in [-0.4, -0.2) is 23.9 Å². The molecule has 0 unspecified atom stereocenters. The number of carbonyl (C=O) groups excluding carboxylic acids is 1. The summed E-state index contributed by atoms with van der Waals surface area (Å²) >= 11 is 18.1. The number of aryl methyl sites for hydroxylation is 1. The first kappa shape index (κ1) is 19.6. The van der Waals surface area contributed by atoms with E-state index in [0.717, 1.165) is 5.56 Å². The third-order valence-corrected chi connectivity index (χ3v) is 4.29. The maximum absolute atomic E-state index is 12.4. The molecule has 0 aliphatic rings. The van der Waals surface area contributed by atoms with Gasteiger partial charge in [0.05, 0.1) is 28.8 Å². The van der Waals surface area contributed by atoms with Crippen molar-refractivity contribution in [1.82, 2.24) is 4.90 Å². The van der Waals surface area contributed by atoms with Gasteiger partial charge in [-0.1, -0.05) is 70.6 Å². The highest BCUT2D eigenvalue weighted by molar-refractivity contribution is 6.42. The Morgan fingerprint density at radius 2 is 1.76 bits per heavy atom. The van der Waals surface area contributed by atoms with Gasteiger partial charge in [0.2, 0.25) is 5.91 Å². The number of nitrogens with one attached hydrogen (secondary N) is 1. The van der Waals surface area contributed by atoms with Gasteiger partial charge >= 0.3 is 0 Å². The highest BCUT2D eigenvalue weighted by atomic mass is 35.5. The number of terminal acetylenes is 1. The molecule has 0 aliphatic carbocycles. The molecule has 1 N–H and O–H groups in total. The quantitative estimate of drug-likeness (QED) is 0.696. The number of amides is 1. The van der Waals surface area contributed by atoms with Gasteiger partial charge in [0.25, 0.3) is 0 Å². The molecule has 0 bridgehead atoms. The minimum absolute atomic E-state index is 0.118. The molecule has 0 aliphatic heterocycles. The molecular weight excluding hydrogens is 379 g/mol. The van der Waals surface area contributed by atoms with Crippen LogP contribution in [0.5, 0.6) is 0 Å². The molecule has 0 fully saturated rings. The summed E-state index contributed by atoms with van der Waals surface area (Å²) in [6.45, 7) is 3.06. The maximum Gasteiger partial charge on any atom is 0.238 e. The van der Waals surface area contributed by atoms with E-state index >= 15 is 0 Å². The van der Waals surface area contributed by atoms with Crippen LogP contribution < -0.4 is 5.32 Å². The summed E-state index contributed by atoms with van der Waals surface area (Å²) in [7, 11) is 0. The lowest BCUT2D eigenvalue weighted by Gasteiger charge is -2.20. The van der Waals surface area contributed by atoms with Crippen LogP contribution in [-0.2, 0) is 11.3 Å². The highest BCUT2D eigenvalue weighted by Crippen LogP contribution is 2.33. The molecule has 25 heavy (non-hydrogen) atoms. The minimum atomic E-state index is -0.256. The Morgan fingerprint density at radius 3 is 2.32 bits per heavy atom. The van der Waals surface area contributed by atoms with E-state index < -0.39 is 0 Å². The van der Waals surface area contributed by atoms with Crippen LogP contribution in [0.3, 0.4) is 0 Å². The van der Waals surface area contributed by atoms with E-state index in [0.29, 0.717) is 23.8 Å².